The van der Waals surface area contributed by atoms with Gasteiger partial charge in [0.15, 0.2) is 5.82 Å². The number of imidazole rings is 1. The molecule has 4 heterocycles. The lowest BCUT2D eigenvalue weighted by atomic mass is 10.0. The van der Waals surface area contributed by atoms with Crippen molar-refractivity contribution in [2.24, 2.45) is 0 Å². The predicted octanol–water partition coefficient (Wildman–Crippen LogP) is 2.48. The number of nitrogens with zero attached hydrogens (tertiary/aromatic N) is 6. The predicted molar refractivity (Wildman–Crippen MR) is 85.0 cm³/mol. The summed E-state index contributed by atoms with van der Waals surface area (Å²) in [4.78, 5) is 15.3. The van der Waals surface area contributed by atoms with Crippen LogP contribution in [0.1, 0.15) is 24.7 Å². The summed E-state index contributed by atoms with van der Waals surface area (Å²) in [6, 6.07) is 4.39. The van der Waals surface area contributed by atoms with Gasteiger partial charge in [-0.1, -0.05) is 5.16 Å². The molecule has 0 atom stereocenters. The Kier molecular flexibility index (Phi) is 3.53. The second-order valence-corrected chi connectivity index (χ2v) is 5.75. The molecule has 1 saturated heterocycles. The minimum absolute atomic E-state index is 0.506. The number of aromatic nitrogens is 5. The summed E-state index contributed by atoms with van der Waals surface area (Å²) < 4.78 is 7.51. The SMILES string of the molecule is Cc1noc(-c2cccnc2N2CCC(n3ccnc3)CC2)n1. The molecular weight excluding hydrogens is 292 g/mol. The first kappa shape index (κ1) is 13.9. The highest BCUT2D eigenvalue weighted by molar-refractivity contribution is 5.69. The Balaban J connectivity index is 1.56. The van der Waals surface area contributed by atoms with Gasteiger partial charge in [0.05, 0.1) is 11.9 Å². The molecule has 3 aromatic rings. The molecule has 4 rings (SSSR count). The van der Waals surface area contributed by atoms with Crippen LogP contribution in [0.25, 0.3) is 11.5 Å². The van der Waals surface area contributed by atoms with Crippen LogP contribution in [0.3, 0.4) is 0 Å². The Morgan fingerprint density at radius 3 is 2.78 bits per heavy atom. The Hall–Kier alpha value is -2.70. The van der Waals surface area contributed by atoms with Crippen molar-refractivity contribution < 1.29 is 4.52 Å². The van der Waals surface area contributed by atoms with E-state index < -0.39 is 0 Å². The monoisotopic (exact) mass is 310 g/mol. The molecule has 0 radical (unpaired) electrons. The summed E-state index contributed by atoms with van der Waals surface area (Å²) in [5.41, 5.74) is 0.897. The number of piperidine rings is 1. The first-order valence-electron chi connectivity index (χ1n) is 7.79. The largest absolute Gasteiger partial charge is 0.356 e. The molecule has 0 aromatic carbocycles. The molecule has 1 aliphatic rings. The summed E-state index contributed by atoms with van der Waals surface area (Å²) in [6.45, 7) is 3.71. The van der Waals surface area contributed by atoms with Crippen molar-refractivity contribution in [2.45, 2.75) is 25.8 Å². The molecule has 1 aliphatic heterocycles. The van der Waals surface area contributed by atoms with Crippen molar-refractivity contribution in [3.63, 3.8) is 0 Å². The Morgan fingerprint density at radius 1 is 1.22 bits per heavy atom. The van der Waals surface area contributed by atoms with Gasteiger partial charge in [0, 0.05) is 37.7 Å². The van der Waals surface area contributed by atoms with Crippen LogP contribution in [-0.4, -0.2) is 37.8 Å². The van der Waals surface area contributed by atoms with Crippen LogP contribution in [0.5, 0.6) is 0 Å². The Labute approximate surface area is 134 Å². The standard InChI is InChI=1S/C16H18N6O/c1-12-19-16(23-20-12)14-3-2-6-18-15(14)21-8-4-13(5-9-21)22-10-7-17-11-22/h2-3,6-7,10-11,13H,4-5,8-9H2,1H3. The zero-order valence-electron chi connectivity index (χ0n) is 13.0. The minimum atomic E-state index is 0.506. The first-order valence-corrected chi connectivity index (χ1v) is 7.79. The van der Waals surface area contributed by atoms with Crippen LogP contribution in [0, 0.1) is 6.92 Å². The summed E-state index contributed by atoms with van der Waals surface area (Å²) in [5, 5.41) is 3.88. The maximum atomic E-state index is 5.32. The third-order valence-electron chi connectivity index (χ3n) is 4.26. The van der Waals surface area contributed by atoms with Crippen molar-refractivity contribution in [1.82, 2.24) is 24.7 Å². The van der Waals surface area contributed by atoms with Crippen molar-refractivity contribution in [3.8, 4) is 11.5 Å². The molecule has 3 aromatic heterocycles. The van der Waals surface area contributed by atoms with Gasteiger partial charge in [0.2, 0.25) is 0 Å². The molecule has 118 valence electrons. The average Bonchev–Trinajstić information content (AvgIpc) is 3.27. The van der Waals surface area contributed by atoms with Crippen LogP contribution < -0.4 is 4.90 Å². The molecule has 0 spiro atoms. The van der Waals surface area contributed by atoms with Gasteiger partial charge < -0.3 is 14.0 Å². The van der Waals surface area contributed by atoms with Gasteiger partial charge in [-0.15, -0.1) is 0 Å². The van der Waals surface area contributed by atoms with E-state index in [0.717, 1.165) is 37.3 Å². The first-order chi connectivity index (χ1) is 11.3. The number of anilines is 1. The van der Waals surface area contributed by atoms with E-state index in [4.69, 9.17) is 4.52 Å². The lowest BCUT2D eigenvalue weighted by Gasteiger charge is -2.33. The summed E-state index contributed by atoms with van der Waals surface area (Å²) in [5.74, 6) is 2.08. The topological polar surface area (TPSA) is 72.9 Å². The molecule has 0 unspecified atom stereocenters. The minimum Gasteiger partial charge on any atom is -0.356 e. The van der Waals surface area contributed by atoms with Gasteiger partial charge in [0.1, 0.15) is 5.82 Å². The molecule has 23 heavy (non-hydrogen) atoms. The van der Waals surface area contributed by atoms with Gasteiger partial charge >= 0.3 is 0 Å². The molecule has 0 N–H and O–H groups in total. The molecule has 7 heteroatoms. The fourth-order valence-electron chi connectivity index (χ4n) is 3.08. The van der Waals surface area contributed by atoms with Gasteiger partial charge in [-0.25, -0.2) is 9.97 Å². The highest BCUT2D eigenvalue weighted by atomic mass is 16.5. The van der Waals surface area contributed by atoms with E-state index in [2.05, 4.69) is 29.6 Å². The Bertz CT molecular complexity index is 773. The van der Waals surface area contributed by atoms with Crippen molar-refractivity contribution in [2.75, 3.05) is 18.0 Å². The third kappa shape index (κ3) is 2.69. The Morgan fingerprint density at radius 2 is 2.09 bits per heavy atom. The van der Waals surface area contributed by atoms with Gasteiger partial charge in [0.25, 0.3) is 5.89 Å². The number of pyridine rings is 1. The second kappa shape index (κ2) is 5.83. The molecule has 0 saturated carbocycles. The number of hydrogen-bond acceptors (Lipinski definition) is 6. The van der Waals surface area contributed by atoms with E-state index in [0.29, 0.717) is 17.8 Å². The normalized spacial score (nSPS) is 16.0. The maximum absolute atomic E-state index is 5.32. The quantitative estimate of drug-likeness (QED) is 0.740. The van der Waals surface area contributed by atoms with E-state index in [-0.39, 0.29) is 0 Å². The molecule has 0 aliphatic carbocycles. The van der Waals surface area contributed by atoms with Gasteiger partial charge in [-0.3, -0.25) is 0 Å². The summed E-state index contributed by atoms with van der Waals surface area (Å²) >= 11 is 0. The molecule has 0 bridgehead atoms. The van der Waals surface area contributed by atoms with E-state index in [9.17, 15) is 0 Å². The fraction of sp³-hybridized carbons (Fsp3) is 0.375. The van der Waals surface area contributed by atoms with Gasteiger partial charge in [-0.2, -0.15) is 4.98 Å². The van der Waals surface area contributed by atoms with Crippen LogP contribution in [0.2, 0.25) is 0 Å². The van der Waals surface area contributed by atoms with Crippen LogP contribution >= 0.6 is 0 Å². The maximum Gasteiger partial charge on any atom is 0.261 e. The molecule has 1 fully saturated rings. The van der Waals surface area contributed by atoms with Crippen molar-refractivity contribution >= 4 is 5.82 Å². The number of rotatable bonds is 3. The number of aryl methyl sites for hydroxylation is 1. The van der Waals surface area contributed by atoms with Crippen LogP contribution in [0.4, 0.5) is 5.82 Å². The van der Waals surface area contributed by atoms with E-state index >= 15 is 0 Å². The van der Waals surface area contributed by atoms with Crippen LogP contribution in [-0.2, 0) is 0 Å². The molecule has 0 amide bonds. The zero-order valence-corrected chi connectivity index (χ0v) is 13.0. The average molecular weight is 310 g/mol. The fourth-order valence-corrected chi connectivity index (χ4v) is 3.08. The lowest BCUT2D eigenvalue weighted by Crippen LogP contribution is -2.35. The van der Waals surface area contributed by atoms with Crippen molar-refractivity contribution in [3.05, 3.63) is 42.9 Å². The summed E-state index contributed by atoms with van der Waals surface area (Å²) in [7, 11) is 0. The smallest absolute Gasteiger partial charge is 0.261 e. The van der Waals surface area contributed by atoms with E-state index in [1.165, 1.54) is 0 Å². The van der Waals surface area contributed by atoms with Crippen LogP contribution in [0.15, 0.2) is 41.6 Å². The molecular formula is C16H18N6O. The highest BCUT2D eigenvalue weighted by Gasteiger charge is 2.24. The van der Waals surface area contributed by atoms with E-state index in [1.807, 2.05) is 44.0 Å². The summed E-state index contributed by atoms with van der Waals surface area (Å²) in [6.07, 6.45) is 9.71. The molecule has 7 nitrogen and oxygen atoms in total. The van der Waals surface area contributed by atoms with Gasteiger partial charge in [-0.05, 0) is 31.9 Å². The van der Waals surface area contributed by atoms with E-state index in [1.54, 1.807) is 0 Å². The number of hydrogen-bond donors (Lipinski definition) is 0. The van der Waals surface area contributed by atoms with Crippen molar-refractivity contribution in [1.29, 1.82) is 0 Å². The lowest BCUT2D eigenvalue weighted by molar-refractivity contribution is 0.394. The second-order valence-electron chi connectivity index (χ2n) is 5.75. The third-order valence-corrected chi connectivity index (χ3v) is 4.26. The zero-order chi connectivity index (χ0) is 15.6. The highest BCUT2D eigenvalue weighted by Crippen LogP contribution is 2.31.